The van der Waals surface area contributed by atoms with Crippen LogP contribution >= 0.6 is 0 Å². The Morgan fingerprint density at radius 2 is 1.73 bits per heavy atom. The summed E-state index contributed by atoms with van der Waals surface area (Å²) < 4.78 is 14.0. The number of anilines is 1. The van der Waals surface area contributed by atoms with Crippen molar-refractivity contribution in [2.24, 2.45) is 5.41 Å². The fourth-order valence-electron chi connectivity index (χ4n) is 5.02. The van der Waals surface area contributed by atoms with Crippen LogP contribution in [0.4, 0.5) is 10.1 Å². The summed E-state index contributed by atoms with van der Waals surface area (Å²) in [5.74, 6) is -0.694. The van der Waals surface area contributed by atoms with Crippen LogP contribution in [0.5, 0.6) is 5.75 Å². The summed E-state index contributed by atoms with van der Waals surface area (Å²) in [5.41, 5.74) is 6.79. The van der Waals surface area contributed by atoms with Crippen molar-refractivity contribution in [1.29, 1.82) is 0 Å². The van der Waals surface area contributed by atoms with E-state index in [0.29, 0.717) is 17.7 Å². The molecule has 0 amide bonds. The number of halogens is 1. The topological polar surface area (TPSA) is 123 Å². The number of aliphatic hydroxyl groups is 1. The molecule has 1 unspecified atom stereocenters. The van der Waals surface area contributed by atoms with Crippen LogP contribution in [0.15, 0.2) is 73.2 Å². The van der Waals surface area contributed by atoms with Crippen molar-refractivity contribution in [2.75, 3.05) is 5.32 Å². The van der Waals surface area contributed by atoms with Gasteiger partial charge in [0.2, 0.25) is 0 Å². The first-order chi connectivity index (χ1) is 19.1. The average molecular weight is 537 g/mol. The SMILES string of the molecule is CC(C)(C)CC(O)Nc1cncc(-c2ccc3[nH]nc(-c4cc5c(-c6cc(O)cc(F)c6)nccc5[nH]4)c3c2)c1. The molecule has 9 heteroatoms. The molecule has 0 bridgehead atoms. The van der Waals surface area contributed by atoms with E-state index in [0.717, 1.165) is 56.1 Å². The lowest BCUT2D eigenvalue weighted by molar-refractivity contribution is 0.145. The third kappa shape index (κ3) is 5.11. The molecule has 202 valence electrons. The van der Waals surface area contributed by atoms with E-state index < -0.39 is 12.0 Å². The first kappa shape index (κ1) is 25.5. The summed E-state index contributed by atoms with van der Waals surface area (Å²) in [5, 5.41) is 32.9. The van der Waals surface area contributed by atoms with Crippen LogP contribution in [0.1, 0.15) is 27.2 Å². The van der Waals surface area contributed by atoms with E-state index in [9.17, 15) is 14.6 Å². The number of rotatable bonds is 6. The second-order valence-electron chi connectivity index (χ2n) is 11.2. The molecule has 6 rings (SSSR count). The van der Waals surface area contributed by atoms with Gasteiger partial charge in [-0.25, -0.2) is 4.39 Å². The van der Waals surface area contributed by atoms with Gasteiger partial charge in [-0.15, -0.1) is 0 Å². The number of pyridine rings is 2. The number of aromatic amines is 2. The van der Waals surface area contributed by atoms with Gasteiger partial charge in [-0.05, 0) is 59.9 Å². The van der Waals surface area contributed by atoms with Crippen LogP contribution in [0.3, 0.4) is 0 Å². The summed E-state index contributed by atoms with van der Waals surface area (Å²) in [6.07, 6.45) is 5.05. The molecule has 0 aliphatic heterocycles. The van der Waals surface area contributed by atoms with Crippen LogP contribution in [-0.4, -0.2) is 41.6 Å². The molecule has 8 nitrogen and oxygen atoms in total. The number of H-pyrrole nitrogens is 2. The molecule has 0 aliphatic carbocycles. The Kier molecular flexibility index (Phi) is 6.23. The predicted octanol–water partition coefficient (Wildman–Crippen LogP) is 6.85. The minimum Gasteiger partial charge on any atom is -0.508 e. The summed E-state index contributed by atoms with van der Waals surface area (Å²) in [7, 11) is 0. The number of aromatic hydroxyl groups is 1. The Labute approximate surface area is 230 Å². The van der Waals surface area contributed by atoms with Gasteiger partial charge in [0.05, 0.1) is 28.8 Å². The molecule has 2 aromatic carbocycles. The quantitative estimate of drug-likeness (QED) is 0.148. The first-order valence-electron chi connectivity index (χ1n) is 13.0. The summed E-state index contributed by atoms with van der Waals surface area (Å²) in [6.45, 7) is 6.25. The number of phenolic OH excluding ortho intramolecular Hbond substituents is 1. The number of fused-ring (bicyclic) bond motifs is 2. The molecule has 4 heterocycles. The number of hydrogen-bond acceptors (Lipinski definition) is 6. The van der Waals surface area contributed by atoms with E-state index in [1.165, 1.54) is 12.1 Å². The lowest BCUT2D eigenvalue weighted by atomic mass is 9.91. The molecule has 6 aromatic rings. The van der Waals surface area contributed by atoms with Gasteiger partial charge >= 0.3 is 0 Å². The zero-order valence-electron chi connectivity index (χ0n) is 22.3. The highest BCUT2D eigenvalue weighted by Gasteiger charge is 2.18. The van der Waals surface area contributed by atoms with Crippen molar-refractivity contribution in [1.82, 2.24) is 25.1 Å². The Morgan fingerprint density at radius 1 is 0.900 bits per heavy atom. The molecule has 0 spiro atoms. The van der Waals surface area contributed by atoms with Gasteiger partial charge in [-0.2, -0.15) is 5.10 Å². The maximum atomic E-state index is 14.0. The summed E-state index contributed by atoms with van der Waals surface area (Å²) in [4.78, 5) is 12.3. The van der Waals surface area contributed by atoms with E-state index in [1.54, 1.807) is 18.6 Å². The summed E-state index contributed by atoms with van der Waals surface area (Å²) >= 11 is 0. The minimum atomic E-state index is -0.683. The first-order valence-corrected chi connectivity index (χ1v) is 13.0. The van der Waals surface area contributed by atoms with Gasteiger partial charge in [-0.3, -0.25) is 15.1 Å². The monoisotopic (exact) mass is 536 g/mol. The van der Waals surface area contributed by atoms with Crippen molar-refractivity contribution in [3.05, 3.63) is 79.0 Å². The molecule has 4 aromatic heterocycles. The molecule has 0 aliphatic rings. The maximum Gasteiger partial charge on any atom is 0.127 e. The number of aliphatic hydroxyl groups excluding tert-OH is 1. The highest BCUT2D eigenvalue weighted by Crippen LogP contribution is 2.35. The molecule has 0 radical (unpaired) electrons. The van der Waals surface area contributed by atoms with Crippen molar-refractivity contribution in [2.45, 2.75) is 33.4 Å². The molecule has 40 heavy (non-hydrogen) atoms. The highest BCUT2D eigenvalue weighted by atomic mass is 19.1. The lowest BCUT2D eigenvalue weighted by Crippen LogP contribution is -2.25. The standard InChI is InChI=1S/C31H29FN6O2/c1-31(2,3)14-28(40)35-21-9-19(15-33-16-21)17-4-5-26-23(11-17)30(38-37-26)27-13-24-25(36-27)6-7-34-29(24)18-8-20(32)12-22(39)10-18/h4-13,15-16,28,35-36,39-40H,14H2,1-3H3,(H,37,38). The van der Waals surface area contributed by atoms with Crippen LogP contribution in [-0.2, 0) is 0 Å². The molecule has 0 fully saturated rings. The van der Waals surface area contributed by atoms with Gasteiger partial charge in [0, 0.05) is 45.9 Å². The fourth-order valence-corrected chi connectivity index (χ4v) is 5.02. The third-order valence-electron chi connectivity index (χ3n) is 6.73. The Hall–Kier alpha value is -4.76. The molecule has 5 N–H and O–H groups in total. The summed E-state index contributed by atoms with van der Waals surface area (Å²) in [6, 6.07) is 15.7. The number of benzene rings is 2. The van der Waals surface area contributed by atoms with E-state index in [4.69, 9.17) is 0 Å². The van der Waals surface area contributed by atoms with Gasteiger partial charge in [0.1, 0.15) is 23.5 Å². The number of nitrogens with one attached hydrogen (secondary N) is 3. The van der Waals surface area contributed by atoms with E-state index in [2.05, 4.69) is 57.3 Å². The lowest BCUT2D eigenvalue weighted by Gasteiger charge is -2.23. The van der Waals surface area contributed by atoms with Gasteiger partial charge in [-0.1, -0.05) is 26.8 Å². The second kappa shape index (κ2) is 9.77. The van der Waals surface area contributed by atoms with E-state index >= 15 is 0 Å². The van der Waals surface area contributed by atoms with Gasteiger partial charge < -0.3 is 20.5 Å². The second-order valence-corrected chi connectivity index (χ2v) is 11.2. The molecule has 0 saturated heterocycles. The fraction of sp³-hybridized carbons (Fsp3) is 0.194. The third-order valence-corrected chi connectivity index (χ3v) is 6.73. The average Bonchev–Trinajstić information content (AvgIpc) is 3.50. The van der Waals surface area contributed by atoms with E-state index in [-0.39, 0.29) is 11.2 Å². The van der Waals surface area contributed by atoms with Crippen LogP contribution < -0.4 is 5.32 Å². The number of nitrogens with zero attached hydrogens (tertiary/aromatic N) is 3. The predicted molar refractivity (Wildman–Crippen MR) is 155 cm³/mol. The Morgan fingerprint density at radius 3 is 2.52 bits per heavy atom. The number of hydrogen-bond donors (Lipinski definition) is 5. The molecular weight excluding hydrogens is 507 g/mol. The Balaban J connectivity index is 1.37. The molecule has 1 atom stereocenters. The van der Waals surface area contributed by atoms with Crippen LogP contribution in [0, 0.1) is 11.2 Å². The largest absolute Gasteiger partial charge is 0.508 e. The van der Waals surface area contributed by atoms with E-state index in [1.807, 2.05) is 30.3 Å². The number of phenols is 1. The van der Waals surface area contributed by atoms with Gasteiger partial charge in [0.25, 0.3) is 0 Å². The van der Waals surface area contributed by atoms with Crippen molar-refractivity contribution in [3.8, 4) is 39.5 Å². The van der Waals surface area contributed by atoms with Crippen molar-refractivity contribution >= 4 is 27.5 Å². The normalized spacial score (nSPS) is 12.7. The van der Waals surface area contributed by atoms with Crippen LogP contribution in [0.25, 0.3) is 55.6 Å². The highest BCUT2D eigenvalue weighted by molar-refractivity contribution is 6.01. The van der Waals surface area contributed by atoms with Crippen molar-refractivity contribution in [3.63, 3.8) is 0 Å². The molecular formula is C31H29FN6O2. The molecule has 0 saturated carbocycles. The zero-order chi connectivity index (χ0) is 28.0. The smallest absolute Gasteiger partial charge is 0.127 e. The maximum absolute atomic E-state index is 14.0. The number of aromatic nitrogens is 5. The zero-order valence-corrected chi connectivity index (χ0v) is 22.3. The van der Waals surface area contributed by atoms with Gasteiger partial charge in [0.15, 0.2) is 0 Å². The van der Waals surface area contributed by atoms with Crippen LogP contribution in [0.2, 0.25) is 0 Å². The Bertz CT molecular complexity index is 1830. The minimum absolute atomic E-state index is 0.0152. The van der Waals surface area contributed by atoms with Crippen molar-refractivity contribution < 1.29 is 14.6 Å².